The predicted octanol–water partition coefficient (Wildman–Crippen LogP) is 3.39. The molecule has 0 aliphatic carbocycles. The highest BCUT2D eigenvalue weighted by Gasteiger charge is 2.24. The summed E-state index contributed by atoms with van der Waals surface area (Å²) >= 11 is 2.07. The molecular weight excluding hydrogens is 266 g/mol. The van der Waals surface area contributed by atoms with E-state index >= 15 is 0 Å². The van der Waals surface area contributed by atoms with Crippen molar-refractivity contribution in [2.75, 3.05) is 23.7 Å². The van der Waals surface area contributed by atoms with Gasteiger partial charge in [0, 0.05) is 35.8 Å². The number of aromatic nitrogens is 1. The van der Waals surface area contributed by atoms with Crippen LogP contribution in [0, 0.1) is 0 Å². The number of anilines is 1. The Balaban J connectivity index is 2.25. The van der Waals surface area contributed by atoms with Gasteiger partial charge in [0.05, 0.1) is 0 Å². The molecule has 1 saturated heterocycles. The molecular formula is C16H27N3S. The van der Waals surface area contributed by atoms with E-state index in [1.807, 2.05) is 0 Å². The van der Waals surface area contributed by atoms with Gasteiger partial charge >= 0.3 is 0 Å². The van der Waals surface area contributed by atoms with E-state index in [1.165, 1.54) is 17.7 Å². The number of rotatable bonds is 3. The third kappa shape index (κ3) is 3.89. The Labute approximate surface area is 127 Å². The summed E-state index contributed by atoms with van der Waals surface area (Å²) in [7, 11) is 0. The van der Waals surface area contributed by atoms with Crippen LogP contribution < -0.4 is 10.6 Å². The molecule has 0 aromatic carbocycles. The van der Waals surface area contributed by atoms with Gasteiger partial charge in [-0.15, -0.1) is 0 Å². The number of hydrogen-bond acceptors (Lipinski definition) is 4. The van der Waals surface area contributed by atoms with Crippen LogP contribution in [0.4, 0.5) is 5.82 Å². The van der Waals surface area contributed by atoms with Crippen LogP contribution in [0.1, 0.15) is 51.3 Å². The van der Waals surface area contributed by atoms with Crippen LogP contribution in [0.5, 0.6) is 0 Å². The third-order valence-corrected chi connectivity index (χ3v) is 5.25. The molecule has 1 aliphatic heterocycles. The smallest absolute Gasteiger partial charge is 0.129 e. The molecule has 2 N–H and O–H groups in total. The first-order valence-corrected chi connectivity index (χ1v) is 8.50. The maximum Gasteiger partial charge on any atom is 0.129 e. The van der Waals surface area contributed by atoms with E-state index in [0.29, 0.717) is 17.2 Å². The first-order chi connectivity index (χ1) is 9.41. The van der Waals surface area contributed by atoms with Crippen molar-refractivity contribution < 1.29 is 0 Å². The fraction of sp³-hybridized carbons (Fsp3) is 0.688. The molecule has 1 fully saturated rings. The van der Waals surface area contributed by atoms with Gasteiger partial charge in [0.1, 0.15) is 5.82 Å². The molecule has 0 atom stereocenters. The third-order valence-electron chi connectivity index (χ3n) is 3.88. The van der Waals surface area contributed by atoms with Crippen molar-refractivity contribution in [2.45, 2.75) is 51.3 Å². The van der Waals surface area contributed by atoms with Gasteiger partial charge in [0.2, 0.25) is 0 Å². The second-order valence-corrected chi connectivity index (χ2v) is 8.26. The van der Waals surface area contributed by atoms with Crippen LogP contribution in [0.25, 0.3) is 0 Å². The van der Waals surface area contributed by atoms with Gasteiger partial charge in [-0.25, -0.2) is 4.98 Å². The van der Waals surface area contributed by atoms with E-state index < -0.39 is 0 Å². The first kappa shape index (κ1) is 15.6. The van der Waals surface area contributed by atoms with Crippen LogP contribution in [-0.4, -0.2) is 28.6 Å². The zero-order valence-corrected chi connectivity index (χ0v) is 14.0. The number of nitrogens with two attached hydrogens (primary N) is 1. The van der Waals surface area contributed by atoms with E-state index in [2.05, 4.69) is 56.5 Å². The minimum absolute atomic E-state index is 0.376. The maximum atomic E-state index is 5.84. The van der Waals surface area contributed by atoms with Crippen molar-refractivity contribution >= 4 is 17.6 Å². The Morgan fingerprint density at radius 1 is 1.35 bits per heavy atom. The highest BCUT2D eigenvalue weighted by atomic mass is 32.2. The standard InChI is InChI=1S/C16H27N3S/c1-12(2)14-9-13(11-17)10-15(18-14)19-6-5-16(3,4)20-8-7-19/h9-10,12H,5-8,11,17H2,1-4H3. The molecule has 1 aromatic heterocycles. The van der Waals surface area contributed by atoms with Crippen LogP contribution in [0.15, 0.2) is 12.1 Å². The van der Waals surface area contributed by atoms with E-state index in [4.69, 9.17) is 10.7 Å². The van der Waals surface area contributed by atoms with Crippen molar-refractivity contribution in [1.29, 1.82) is 0 Å². The number of thioether (sulfide) groups is 1. The molecule has 0 amide bonds. The molecule has 0 saturated carbocycles. The molecule has 0 spiro atoms. The van der Waals surface area contributed by atoms with Crippen LogP contribution in [0.3, 0.4) is 0 Å². The normalized spacial score (nSPS) is 19.2. The minimum Gasteiger partial charge on any atom is -0.356 e. The van der Waals surface area contributed by atoms with Crippen molar-refractivity contribution in [3.05, 3.63) is 23.4 Å². The van der Waals surface area contributed by atoms with Gasteiger partial charge in [0.15, 0.2) is 0 Å². The van der Waals surface area contributed by atoms with Gasteiger partial charge in [-0.05, 0) is 30.0 Å². The van der Waals surface area contributed by atoms with Gasteiger partial charge in [-0.2, -0.15) is 11.8 Å². The SMILES string of the molecule is CC(C)c1cc(CN)cc(N2CCSC(C)(C)CC2)n1. The summed E-state index contributed by atoms with van der Waals surface area (Å²) in [5.74, 6) is 2.71. The molecule has 1 aromatic rings. The molecule has 112 valence electrons. The zero-order chi connectivity index (χ0) is 14.8. The topological polar surface area (TPSA) is 42.1 Å². The Bertz CT molecular complexity index is 457. The molecule has 2 rings (SSSR count). The Hall–Kier alpha value is -0.740. The van der Waals surface area contributed by atoms with Crippen molar-refractivity contribution in [2.24, 2.45) is 5.73 Å². The summed E-state index contributed by atoms with van der Waals surface area (Å²) in [6.45, 7) is 11.8. The van der Waals surface area contributed by atoms with Crippen LogP contribution >= 0.6 is 11.8 Å². The summed E-state index contributed by atoms with van der Waals surface area (Å²) in [6, 6.07) is 4.31. The number of pyridine rings is 1. The second kappa shape index (κ2) is 6.35. The van der Waals surface area contributed by atoms with Gasteiger partial charge in [-0.1, -0.05) is 27.7 Å². The molecule has 0 bridgehead atoms. The van der Waals surface area contributed by atoms with Crippen LogP contribution in [0.2, 0.25) is 0 Å². The second-order valence-electron chi connectivity index (χ2n) is 6.46. The Morgan fingerprint density at radius 3 is 2.75 bits per heavy atom. The fourth-order valence-electron chi connectivity index (χ4n) is 2.42. The highest BCUT2D eigenvalue weighted by molar-refractivity contribution is 8.00. The lowest BCUT2D eigenvalue weighted by Crippen LogP contribution is -2.28. The van der Waals surface area contributed by atoms with Gasteiger partial charge in [0.25, 0.3) is 0 Å². The Morgan fingerprint density at radius 2 is 2.10 bits per heavy atom. The fourth-order valence-corrected chi connectivity index (χ4v) is 3.52. The molecule has 0 radical (unpaired) electrons. The molecule has 3 nitrogen and oxygen atoms in total. The quantitative estimate of drug-likeness (QED) is 0.927. The van der Waals surface area contributed by atoms with Crippen molar-refractivity contribution in [3.8, 4) is 0 Å². The summed E-state index contributed by atoms with van der Waals surface area (Å²) in [5.41, 5.74) is 8.18. The van der Waals surface area contributed by atoms with E-state index in [9.17, 15) is 0 Å². The molecule has 0 unspecified atom stereocenters. The van der Waals surface area contributed by atoms with E-state index in [-0.39, 0.29) is 0 Å². The predicted molar refractivity (Wildman–Crippen MR) is 89.6 cm³/mol. The summed E-state index contributed by atoms with van der Waals surface area (Å²) in [5, 5.41) is 0. The maximum absolute atomic E-state index is 5.84. The summed E-state index contributed by atoms with van der Waals surface area (Å²) in [6.07, 6.45) is 1.20. The lowest BCUT2D eigenvalue weighted by Gasteiger charge is -2.24. The van der Waals surface area contributed by atoms with E-state index in [1.54, 1.807) is 0 Å². The highest BCUT2D eigenvalue weighted by Crippen LogP contribution is 2.32. The average Bonchev–Trinajstić information content (AvgIpc) is 2.59. The lowest BCUT2D eigenvalue weighted by atomic mass is 10.1. The first-order valence-electron chi connectivity index (χ1n) is 7.51. The molecule has 20 heavy (non-hydrogen) atoms. The van der Waals surface area contributed by atoms with Crippen molar-refractivity contribution in [1.82, 2.24) is 4.98 Å². The van der Waals surface area contributed by atoms with E-state index in [0.717, 1.165) is 24.6 Å². The molecule has 2 heterocycles. The molecule has 4 heteroatoms. The molecule has 1 aliphatic rings. The zero-order valence-electron chi connectivity index (χ0n) is 13.1. The lowest BCUT2D eigenvalue weighted by molar-refractivity contribution is 0.633. The number of nitrogens with zero attached hydrogens (tertiary/aromatic N) is 2. The largest absolute Gasteiger partial charge is 0.356 e. The monoisotopic (exact) mass is 293 g/mol. The average molecular weight is 293 g/mol. The van der Waals surface area contributed by atoms with Crippen molar-refractivity contribution in [3.63, 3.8) is 0 Å². The van der Waals surface area contributed by atoms with Crippen LogP contribution in [-0.2, 0) is 6.54 Å². The van der Waals surface area contributed by atoms with Gasteiger partial charge < -0.3 is 10.6 Å². The van der Waals surface area contributed by atoms with Gasteiger partial charge in [-0.3, -0.25) is 0 Å². The number of hydrogen-bond donors (Lipinski definition) is 1. The Kier molecular flexibility index (Phi) is 4.97. The summed E-state index contributed by atoms with van der Waals surface area (Å²) in [4.78, 5) is 7.28. The summed E-state index contributed by atoms with van der Waals surface area (Å²) < 4.78 is 0.376. The minimum atomic E-state index is 0.376.